The van der Waals surface area contributed by atoms with Crippen LogP contribution < -0.4 is 0 Å². The highest BCUT2D eigenvalue weighted by atomic mass is 127. The van der Waals surface area contributed by atoms with Gasteiger partial charge in [-0.05, 0) is 53.1 Å². The summed E-state index contributed by atoms with van der Waals surface area (Å²) in [5.74, 6) is 0. The lowest BCUT2D eigenvalue weighted by Gasteiger charge is -2.23. The molecule has 0 unspecified atom stereocenters. The van der Waals surface area contributed by atoms with Crippen LogP contribution in [0.4, 0.5) is 0 Å². The van der Waals surface area contributed by atoms with Crippen LogP contribution in [-0.2, 0) is 16.0 Å². The van der Waals surface area contributed by atoms with Gasteiger partial charge in [0.2, 0.25) is 0 Å². The molecule has 1 aliphatic heterocycles. The lowest BCUT2D eigenvalue weighted by molar-refractivity contribution is -0.115. The summed E-state index contributed by atoms with van der Waals surface area (Å²) in [5, 5.41) is 0. The monoisotopic (exact) mass is 356 g/mol. The highest BCUT2D eigenvalue weighted by molar-refractivity contribution is 14.1. The van der Waals surface area contributed by atoms with Gasteiger partial charge in [0.1, 0.15) is 5.60 Å². The van der Waals surface area contributed by atoms with E-state index in [0.717, 1.165) is 25.5 Å². The summed E-state index contributed by atoms with van der Waals surface area (Å²) >= 11 is 2.30. The molecule has 0 amide bonds. The maximum absolute atomic E-state index is 11.5. The average molecular weight is 356 g/mol. The van der Waals surface area contributed by atoms with Crippen molar-refractivity contribution < 1.29 is 9.53 Å². The predicted molar refractivity (Wildman–Crippen MR) is 78.5 cm³/mol. The normalized spacial score (nSPS) is 36.2. The van der Waals surface area contributed by atoms with E-state index in [1.165, 1.54) is 9.13 Å². The van der Waals surface area contributed by atoms with Gasteiger partial charge in [0.05, 0.1) is 0 Å². The van der Waals surface area contributed by atoms with E-state index in [0.29, 0.717) is 0 Å². The van der Waals surface area contributed by atoms with E-state index in [9.17, 15) is 4.79 Å². The van der Waals surface area contributed by atoms with Crippen LogP contribution in [0.2, 0.25) is 0 Å². The summed E-state index contributed by atoms with van der Waals surface area (Å²) in [6.45, 7) is 4.29. The van der Waals surface area contributed by atoms with E-state index in [-0.39, 0.29) is 11.0 Å². The molecule has 0 spiro atoms. The molecule has 18 heavy (non-hydrogen) atoms. The van der Waals surface area contributed by atoms with E-state index in [1.54, 1.807) is 0 Å². The van der Waals surface area contributed by atoms with Crippen molar-refractivity contribution in [3.05, 3.63) is 33.4 Å². The summed E-state index contributed by atoms with van der Waals surface area (Å²) in [5.41, 5.74) is 0.461. The van der Waals surface area contributed by atoms with E-state index in [1.807, 2.05) is 0 Å². The third-order valence-corrected chi connectivity index (χ3v) is 5.44. The van der Waals surface area contributed by atoms with Crippen molar-refractivity contribution >= 4 is 28.9 Å². The van der Waals surface area contributed by atoms with Gasteiger partial charge in [-0.3, -0.25) is 4.79 Å². The Morgan fingerprint density at radius 2 is 1.94 bits per heavy atom. The molecule has 2 nitrogen and oxygen atoms in total. The summed E-state index contributed by atoms with van der Waals surface area (Å²) < 4.78 is 7.19. The Balaban J connectivity index is 1.87. The Labute approximate surface area is 121 Å². The maximum atomic E-state index is 11.5. The molecule has 1 aliphatic carbocycles. The maximum Gasteiger partial charge on any atom is 0.158 e. The minimum Gasteiger partial charge on any atom is -0.354 e. The first-order chi connectivity index (χ1) is 8.45. The highest BCUT2D eigenvalue weighted by Crippen LogP contribution is 2.68. The molecule has 1 aromatic carbocycles. The van der Waals surface area contributed by atoms with Gasteiger partial charge >= 0.3 is 0 Å². The number of rotatable bonds is 3. The molecule has 0 bridgehead atoms. The Morgan fingerprint density at radius 3 is 2.50 bits per heavy atom. The Kier molecular flexibility index (Phi) is 2.66. The quantitative estimate of drug-likeness (QED) is 0.472. The zero-order chi connectivity index (χ0) is 13.0. The summed E-state index contributed by atoms with van der Waals surface area (Å²) in [4.78, 5) is 11.5. The van der Waals surface area contributed by atoms with Crippen molar-refractivity contribution in [2.45, 2.75) is 44.3 Å². The molecule has 0 radical (unpaired) electrons. The van der Waals surface area contributed by atoms with E-state index in [4.69, 9.17) is 4.74 Å². The standard InChI is InChI=1S/C15H17IO2/c1-13(2)7-8-14(15(13,10-17)18-14)9-11-3-5-12(16)6-4-11/h3-6,10H,7-9H2,1-2H3/t14-,15-/m0/s1. The second-order valence-electron chi connectivity index (χ2n) is 6.14. The smallest absolute Gasteiger partial charge is 0.158 e. The largest absolute Gasteiger partial charge is 0.354 e. The number of epoxide rings is 1. The number of halogens is 1. The lowest BCUT2D eigenvalue weighted by Crippen LogP contribution is -2.35. The number of hydrogen-bond acceptors (Lipinski definition) is 2. The van der Waals surface area contributed by atoms with Crippen LogP contribution in [-0.4, -0.2) is 17.5 Å². The van der Waals surface area contributed by atoms with Crippen molar-refractivity contribution in [2.75, 3.05) is 0 Å². The number of hydrogen-bond donors (Lipinski definition) is 0. The zero-order valence-corrected chi connectivity index (χ0v) is 12.9. The van der Waals surface area contributed by atoms with Gasteiger partial charge in [-0.15, -0.1) is 0 Å². The molecule has 2 fully saturated rings. The summed E-state index contributed by atoms with van der Waals surface area (Å²) in [6, 6.07) is 8.49. The molecule has 2 aliphatic rings. The Bertz CT molecular complexity index is 494. The molecule has 3 rings (SSSR count). The van der Waals surface area contributed by atoms with Crippen LogP contribution in [0.5, 0.6) is 0 Å². The van der Waals surface area contributed by atoms with Crippen LogP contribution in [0, 0.1) is 8.99 Å². The molecule has 96 valence electrons. The Hall–Kier alpha value is -0.420. The van der Waals surface area contributed by atoms with Crippen molar-refractivity contribution in [1.29, 1.82) is 0 Å². The number of fused-ring (bicyclic) bond motifs is 1. The molecule has 1 saturated heterocycles. The van der Waals surface area contributed by atoms with Gasteiger partial charge in [-0.1, -0.05) is 26.0 Å². The molecular formula is C15H17IO2. The molecule has 3 heteroatoms. The van der Waals surface area contributed by atoms with Gasteiger partial charge < -0.3 is 4.74 Å². The predicted octanol–water partition coefficient (Wildman–Crippen LogP) is 3.36. The first-order valence-electron chi connectivity index (χ1n) is 6.36. The van der Waals surface area contributed by atoms with Crippen LogP contribution >= 0.6 is 22.6 Å². The van der Waals surface area contributed by atoms with Crippen molar-refractivity contribution in [3.63, 3.8) is 0 Å². The molecule has 1 saturated carbocycles. The fourth-order valence-corrected chi connectivity index (χ4v) is 3.81. The molecule has 0 aromatic heterocycles. The van der Waals surface area contributed by atoms with Crippen molar-refractivity contribution in [2.24, 2.45) is 5.41 Å². The van der Waals surface area contributed by atoms with Gasteiger partial charge in [0.15, 0.2) is 11.9 Å². The minimum atomic E-state index is -0.539. The van der Waals surface area contributed by atoms with Gasteiger partial charge in [-0.25, -0.2) is 0 Å². The van der Waals surface area contributed by atoms with Crippen LogP contribution in [0.25, 0.3) is 0 Å². The molecule has 0 N–H and O–H groups in total. The first kappa shape index (κ1) is 12.6. The van der Waals surface area contributed by atoms with Gasteiger partial charge in [-0.2, -0.15) is 0 Å². The molecule has 1 heterocycles. The van der Waals surface area contributed by atoms with Crippen molar-refractivity contribution in [1.82, 2.24) is 0 Å². The molecule has 1 aromatic rings. The van der Waals surface area contributed by atoms with Crippen molar-refractivity contribution in [3.8, 4) is 0 Å². The lowest BCUT2D eigenvalue weighted by atomic mass is 9.78. The summed E-state index contributed by atoms with van der Waals surface area (Å²) in [7, 11) is 0. The minimum absolute atomic E-state index is 0.0298. The van der Waals surface area contributed by atoms with Crippen LogP contribution in [0.1, 0.15) is 32.3 Å². The molecular weight excluding hydrogens is 339 g/mol. The number of benzene rings is 1. The van der Waals surface area contributed by atoms with E-state index < -0.39 is 5.60 Å². The summed E-state index contributed by atoms with van der Waals surface area (Å²) in [6.07, 6.45) is 3.96. The van der Waals surface area contributed by atoms with Crippen LogP contribution in [0.15, 0.2) is 24.3 Å². The fraction of sp³-hybridized carbons (Fsp3) is 0.533. The SMILES string of the molecule is CC1(C)CC[C@@]2(Cc3ccc(I)cc3)O[C@@]12C=O. The third kappa shape index (κ3) is 1.53. The second-order valence-corrected chi connectivity index (χ2v) is 7.38. The third-order valence-electron chi connectivity index (χ3n) is 4.72. The van der Waals surface area contributed by atoms with Gasteiger partial charge in [0.25, 0.3) is 0 Å². The molecule has 2 atom stereocenters. The fourth-order valence-electron chi connectivity index (χ4n) is 3.45. The van der Waals surface area contributed by atoms with Crippen LogP contribution in [0.3, 0.4) is 0 Å². The number of carbonyl (C=O) groups excluding carboxylic acids is 1. The Morgan fingerprint density at radius 1 is 1.28 bits per heavy atom. The second kappa shape index (κ2) is 3.79. The topological polar surface area (TPSA) is 29.6 Å². The first-order valence-corrected chi connectivity index (χ1v) is 7.44. The van der Waals surface area contributed by atoms with E-state index >= 15 is 0 Å². The number of carbonyl (C=O) groups is 1. The highest BCUT2D eigenvalue weighted by Gasteiger charge is 2.79. The van der Waals surface area contributed by atoms with E-state index in [2.05, 4.69) is 60.7 Å². The number of ether oxygens (including phenoxy) is 1. The average Bonchev–Trinajstić information content (AvgIpc) is 2.95. The van der Waals surface area contributed by atoms with Gasteiger partial charge in [0, 0.05) is 15.4 Å². The number of aldehydes is 1. The zero-order valence-electron chi connectivity index (χ0n) is 10.7.